The Morgan fingerprint density at radius 2 is 1.78 bits per heavy atom. The molecule has 122 valence electrons. The van der Waals surface area contributed by atoms with E-state index in [0.29, 0.717) is 18.7 Å². The van der Waals surface area contributed by atoms with Gasteiger partial charge in [0.05, 0.1) is 12.5 Å². The normalized spacial score (nSPS) is 21.5. The van der Waals surface area contributed by atoms with Gasteiger partial charge in [0, 0.05) is 38.7 Å². The summed E-state index contributed by atoms with van der Waals surface area (Å²) in [6.45, 7) is 4.46. The van der Waals surface area contributed by atoms with Crippen molar-refractivity contribution in [3.8, 4) is 0 Å². The number of carbonyl (C=O) groups is 3. The minimum absolute atomic E-state index is 0.00106. The average molecular weight is 315 g/mol. The smallest absolute Gasteiger partial charge is 0.261 e. The number of nitrogens with zero attached hydrogens (tertiary/aromatic N) is 3. The van der Waals surface area contributed by atoms with Gasteiger partial charge in [0.15, 0.2) is 0 Å². The largest absolute Gasteiger partial charge is 0.340 e. The van der Waals surface area contributed by atoms with Crippen LogP contribution in [0, 0.1) is 0 Å². The van der Waals surface area contributed by atoms with Crippen molar-refractivity contribution >= 4 is 17.7 Å². The molecule has 3 amide bonds. The molecule has 23 heavy (non-hydrogen) atoms. The lowest BCUT2D eigenvalue weighted by Crippen LogP contribution is -2.48. The minimum Gasteiger partial charge on any atom is -0.340 e. The highest BCUT2D eigenvalue weighted by molar-refractivity contribution is 6.08. The number of likely N-dealkylation sites (N-methyl/N-ethyl adjacent to an activating group) is 1. The molecule has 0 spiro atoms. The maximum Gasteiger partial charge on any atom is 0.261 e. The van der Waals surface area contributed by atoms with E-state index >= 15 is 0 Å². The van der Waals surface area contributed by atoms with Gasteiger partial charge >= 0.3 is 0 Å². The first-order valence-electron chi connectivity index (χ1n) is 7.88. The minimum atomic E-state index is -0.483. The third-order valence-electron chi connectivity index (χ3n) is 4.64. The standard InChI is InChI=1S/C17H21N3O3/c1-12(21)20-15(13-5-3-4-6-14(13)17(20)23)11-16(22)19-9-7-18(2)8-10-19/h3-6,15H,7-11H2,1-2H3. The van der Waals surface area contributed by atoms with Gasteiger partial charge in [-0.3, -0.25) is 19.3 Å². The molecule has 0 radical (unpaired) electrons. The molecule has 0 aromatic heterocycles. The Bertz CT molecular complexity index is 650. The molecule has 1 fully saturated rings. The molecule has 1 aromatic rings. The Hall–Kier alpha value is -2.21. The summed E-state index contributed by atoms with van der Waals surface area (Å²) in [6.07, 6.45) is 0.159. The predicted octanol–water partition coefficient (Wildman–Crippen LogP) is 0.894. The number of piperazine rings is 1. The molecule has 2 heterocycles. The number of hydrogen-bond donors (Lipinski definition) is 0. The molecule has 0 bridgehead atoms. The fraction of sp³-hybridized carbons (Fsp3) is 0.471. The predicted molar refractivity (Wildman–Crippen MR) is 84.7 cm³/mol. The first-order chi connectivity index (χ1) is 11.0. The molecular formula is C17H21N3O3. The zero-order valence-corrected chi connectivity index (χ0v) is 13.5. The Balaban J connectivity index is 1.81. The summed E-state index contributed by atoms with van der Waals surface area (Å²) in [5.74, 6) is -0.620. The molecule has 1 aromatic carbocycles. The van der Waals surface area contributed by atoms with E-state index in [4.69, 9.17) is 0 Å². The number of benzene rings is 1. The Morgan fingerprint density at radius 3 is 2.43 bits per heavy atom. The van der Waals surface area contributed by atoms with Gasteiger partial charge < -0.3 is 9.80 Å². The lowest BCUT2D eigenvalue weighted by Gasteiger charge is -2.33. The van der Waals surface area contributed by atoms with Crippen molar-refractivity contribution in [2.24, 2.45) is 0 Å². The SMILES string of the molecule is CC(=O)N1C(=O)c2ccccc2C1CC(=O)N1CCN(C)CC1. The lowest BCUT2D eigenvalue weighted by atomic mass is 10.0. The molecule has 0 N–H and O–H groups in total. The highest BCUT2D eigenvalue weighted by Gasteiger charge is 2.40. The number of imide groups is 1. The number of carbonyl (C=O) groups excluding carboxylic acids is 3. The van der Waals surface area contributed by atoms with Crippen LogP contribution in [0.3, 0.4) is 0 Å². The number of rotatable bonds is 2. The van der Waals surface area contributed by atoms with Crippen molar-refractivity contribution in [2.75, 3.05) is 33.2 Å². The van der Waals surface area contributed by atoms with E-state index in [-0.39, 0.29) is 24.1 Å². The summed E-state index contributed by atoms with van der Waals surface area (Å²) in [5.41, 5.74) is 1.30. The molecule has 0 aliphatic carbocycles. The molecular weight excluding hydrogens is 294 g/mol. The summed E-state index contributed by atoms with van der Waals surface area (Å²) in [4.78, 5) is 42.2. The fourth-order valence-electron chi connectivity index (χ4n) is 3.31. The number of fused-ring (bicyclic) bond motifs is 1. The van der Waals surface area contributed by atoms with Crippen molar-refractivity contribution in [2.45, 2.75) is 19.4 Å². The van der Waals surface area contributed by atoms with Crippen LogP contribution < -0.4 is 0 Å². The van der Waals surface area contributed by atoms with Crippen LogP contribution in [0.15, 0.2) is 24.3 Å². The summed E-state index contributed by atoms with van der Waals surface area (Å²) >= 11 is 0. The Labute approximate surface area is 135 Å². The first-order valence-corrected chi connectivity index (χ1v) is 7.88. The maximum absolute atomic E-state index is 12.6. The quantitative estimate of drug-likeness (QED) is 0.813. The maximum atomic E-state index is 12.6. The van der Waals surface area contributed by atoms with Gasteiger partial charge in [-0.2, -0.15) is 0 Å². The van der Waals surface area contributed by atoms with Crippen LogP contribution in [0.2, 0.25) is 0 Å². The third-order valence-corrected chi connectivity index (χ3v) is 4.64. The molecule has 2 aliphatic rings. The number of hydrogen-bond acceptors (Lipinski definition) is 4. The Kier molecular flexibility index (Phi) is 4.17. The summed E-state index contributed by atoms with van der Waals surface area (Å²) in [6, 6.07) is 6.68. The summed E-state index contributed by atoms with van der Waals surface area (Å²) in [5, 5.41) is 0. The van der Waals surface area contributed by atoms with Crippen molar-refractivity contribution in [3.63, 3.8) is 0 Å². The van der Waals surface area contributed by atoms with E-state index in [1.807, 2.05) is 24.1 Å². The van der Waals surface area contributed by atoms with E-state index in [1.165, 1.54) is 11.8 Å². The van der Waals surface area contributed by atoms with Crippen molar-refractivity contribution in [3.05, 3.63) is 35.4 Å². The van der Waals surface area contributed by atoms with Gasteiger partial charge in [-0.15, -0.1) is 0 Å². The van der Waals surface area contributed by atoms with Gasteiger partial charge in [0.2, 0.25) is 11.8 Å². The number of amides is 3. The van der Waals surface area contributed by atoms with E-state index in [9.17, 15) is 14.4 Å². The van der Waals surface area contributed by atoms with Crippen LogP contribution in [0.25, 0.3) is 0 Å². The van der Waals surface area contributed by atoms with Crippen LogP contribution in [-0.2, 0) is 9.59 Å². The molecule has 6 nitrogen and oxygen atoms in total. The molecule has 0 saturated carbocycles. The summed E-state index contributed by atoms with van der Waals surface area (Å²) in [7, 11) is 2.03. The van der Waals surface area contributed by atoms with E-state index in [2.05, 4.69) is 4.90 Å². The second-order valence-corrected chi connectivity index (χ2v) is 6.19. The van der Waals surface area contributed by atoms with Crippen molar-refractivity contribution < 1.29 is 14.4 Å². The molecule has 1 atom stereocenters. The van der Waals surface area contributed by atoms with Crippen LogP contribution in [0.5, 0.6) is 0 Å². The molecule has 3 rings (SSSR count). The van der Waals surface area contributed by atoms with Gasteiger partial charge in [0.1, 0.15) is 0 Å². The molecule has 1 saturated heterocycles. The van der Waals surface area contributed by atoms with E-state index < -0.39 is 6.04 Å². The van der Waals surface area contributed by atoms with Crippen LogP contribution in [0.1, 0.15) is 35.3 Å². The molecule has 1 unspecified atom stereocenters. The second-order valence-electron chi connectivity index (χ2n) is 6.19. The zero-order valence-electron chi connectivity index (χ0n) is 13.5. The van der Waals surface area contributed by atoms with E-state index in [1.54, 1.807) is 12.1 Å². The first kappa shape index (κ1) is 15.7. The topological polar surface area (TPSA) is 60.9 Å². The average Bonchev–Trinajstić information content (AvgIpc) is 2.81. The van der Waals surface area contributed by atoms with Crippen molar-refractivity contribution in [1.82, 2.24) is 14.7 Å². The monoisotopic (exact) mass is 315 g/mol. The highest BCUT2D eigenvalue weighted by atomic mass is 16.2. The van der Waals surface area contributed by atoms with Crippen LogP contribution in [0.4, 0.5) is 0 Å². The van der Waals surface area contributed by atoms with Gasteiger partial charge in [-0.1, -0.05) is 18.2 Å². The lowest BCUT2D eigenvalue weighted by molar-refractivity contribution is -0.135. The van der Waals surface area contributed by atoms with Crippen LogP contribution >= 0.6 is 0 Å². The molecule has 6 heteroatoms. The van der Waals surface area contributed by atoms with Gasteiger partial charge in [-0.05, 0) is 18.7 Å². The fourth-order valence-corrected chi connectivity index (χ4v) is 3.31. The van der Waals surface area contributed by atoms with E-state index in [0.717, 1.165) is 18.7 Å². The zero-order chi connectivity index (χ0) is 16.6. The molecule has 2 aliphatic heterocycles. The van der Waals surface area contributed by atoms with Crippen LogP contribution in [-0.4, -0.2) is 65.6 Å². The second kappa shape index (κ2) is 6.12. The highest BCUT2D eigenvalue weighted by Crippen LogP contribution is 2.36. The van der Waals surface area contributed by atoms with Gasteiger partial charge in [-0.25, -0.2) is 0 Å². The van der Waals surface area contributed by atoms with Gasteiger partial charge in [0.25, 0.3) is 5.91 Å². The summed E-state index contributed by atoms with van der Waals surface area (Å²) < 4.78 is 0. The van der Waals surface area contributed by atoms with Crippen molar-refractivity contribution in [1.29, 1.82) is 0 Å². The third kappa shape index (κ3) is 2.86. The Morgan fingerprint density at radius 1 is 1.13 bits per heavy atom.